The lowest BCUT2D eigenvalue weighted by Gasteiger charge is -2.09. The topological polar surface area (TPSA) is 78.7 Å². The summed E-state index contributed by atoms with van der Waals surface area (Å²) in [6.45, 7) is -0.203. The maximum Gasteiger partial charge on any atom is 0.271 e. The van der Waals surface area contributed by atoms with Gasteiger partial charge in [0.15, 0.2) is 5.78 Å². The predicted molar refractivity (Wildman–Crippen MR) is 70.9 cm³/mol. The van der Waals surface area contributed by atoms with Crippen molar-refractivity contribution in [3.8, 4) is 5.75 Å². The summed E-state index contributed by atoms with van der Waals surface area (Å²) in [4.78, 5) is 21.3. The number of halogens is 2. The van der Waals surface area contributed by atoms with Gasteiger partial charge in [-0.05, 0) is 31.9 Å². The average molecular weight is 383 g/mol. The van der Waals surface area contributed by atoms with Crippen LogP contribution in [-0.2, 0) is 9.53 Å². The molecule has 0 fully saturated rings. The monoisotopic (exact) mass is 381 g/mol. The molecule has 0 aliphatic carbocycles. The van der Waals surface area contributed by atoms with Gasteiger partial charge in [0.05, 0.1) is 13.9 Å². The highest BCUT2D eigenvalue weighted by Gasteiger charge is 2.16. The Morgan fingerprint density at radius 3 is 2.33 bits per heavy atom. The van der Waals surface area contributed by atoms with Gasteiger partial charge in [-0.3, -0.25) is 14.9 Å². The van der Waals surface area contributed by atoms with Gasteiger partial charge in [0.1, 0.15) is 19.0 Å². The number of ether oxygens (including phenoxy) is 2. The van der Waals surface area contributed by atoms with Gasteiger partial charge in [0, 0.05) is 19.2 Å². The fourth-order valence-corrected chi connectivity index (χ4v) is 2.54. The Kier molecular flexibility index (Phi) is 5.70. The highest BCUT2D eigenvalue weighted by Crippen LogP contribution is 2.37. The van der Waals surface area contributed by atoms with E-state index in [-0.39, 0.29) is 24.7 Å². The summed E-state index contributed by atoms with van der Waals surface area (Å²) in [5, 5.41) is 10.6. The second kappa shape index (κ2) is 6.81. The molecular weight excluding hydrogens is 374 g/mol. The quantitative estimate of drug-likeness (QED) is 0.558. The minimum absolute atomic E-state index is 0.0395. The van der Waals surface area contributed by atoms with Crippen LogP contribution >= 0.6 is 31.9 Å². The van der Waals surface area contributed by atoms with Crippen LogP contribution in [-0.4, -0.2) is 31.0 Å². The first kappa shape index (κ1) is 15.1. The summed E-state index contributed by atoms with van der Waals surface area (Å²) < 4.78 is 10.7. The van der Waals surface area contributed by atoms with E-state index in [0.717, 1.165) is 0 Å². The minimum Gasteiger partial charge on any atom is -0.483 e. The zero-order valence-electron chi connectivity index (χ0n) is 9.31. The molecule has 0 spiro atoms. The first-order chi connectivity index (χ1) is 8.45. The maximum atomic E-state index is 11.2. The number of benzene rings is 1. The lowest BCUT2D eigenvalue weighted by atomic mass is 10.3. The number of hydrogen-bond donors (Lipinski definition) is 0. The van der Waals surface area contributed by atoms with Gasteiger partial charge in [-0.2, -0.15) is 0 Å². The molecule has 0 saturated heterocycles. The highest BCUT2D eigenvalue weighted by atomic mass is 79.9. The van der Waals surface area contributed by atoms with Crippen LogP contribution in [0, 0.1) is 10.1 Å². The second-order valence-corrected chi connectivity index (χ2v) is 4.96. The molecule has 0 amide bonds. The van der Waals surface area contributed by atoms with Crippen molar-refractivity contribution in [1.82, 2.24) is 0 Å². The Hall–Kier alpha value is -0.990. The Labute approximate surface area is 120 Å². The van der Waals surface area contributed by atoms with Crippen LogP contribution in [0.4, 0.5) is 5.69 Å². The molecule has 1 rings (SSSR count). The Bertz CT molecular complexity index is 454. The van der Waals surface area contributed by atoms with E-state index < -0.39 is 4.92 Å². The molecule has 8 heteroatoms. The molecule has 0 heterocycles. The smallest absolute Gasteiger partial charge is 0.271 e. The van der Waals surface area contributed by atoms with E-state index in [4.69, 9.17) is 4.74 Å². The molecule has 98 valence electrons. The minimum atomic E-state index is -0.518. The van der Waals surface area contributed by atoms with Gasteiger partial charge in [0.25, 0.3) is 5.69 Å². The predicted octanol–water partition coefficient (Wildman–Crippen LogP) is 2.71. The molecule has 6 nitrogen and oxygen atoms in total. The van der Waals surface area contributed by atoms with E-state index in [2.05, 4.69) is 36.6 Å². The van der Waals surface area contributed by atoms with Crippen molar-refractivity contribution in [3.05, 3.63) is 31.2 Å². The van der Waals surface area contributed by atoms with E-state index in [1.807, 2.05) is 0 Å². The molecular formula is C10H9Br2NO5. The van der Waals surface area contributed by atoms with E-state index in [0.29, 0.717) is 14.7 Å². The number of methoxy groups -OCH3 is 1. The molecule has 0 aromatic heterocycles. The fraction of sp³-hybridized carbons (Fsp3) is 0.300. The van der Waals surface area contributed by atoms with Crippen molar-refractivity contribution < 1.29 is 19.2 Å². The van der Waals surface area contributed by atoms with Crippen molar-refractivity contribution in [2.45, 2.75) is 0 Å². The number of nitrogens with zero attached hydrogens (tertiary/aromatic N) is 1. The number of non-ortho nitro benzene ring substituents is 1. The van der Waals surface area contributed by atoms with Crippen LogP contribution in [0.3, 0.4) is 0 Å². The van der Waals surface area contributed by atoms with Crippen molar-refractivity contribution in [1.29, 1.82) is 0 Å². The Balaban J connectivity index is 2.84. The number of carbonyl (C=O) groups is 1. The third-order valence-electron chi connectivity index (χ3n) is 1.88. The number of rotatable bonds is 6. The standard InChI is InChI=1S/C10H9Br2NO5/c1-17-4-7(14)5-18-10-8(11)2-6(13(15)16)3-9(10)12/h2-3H,4-5H2,1H3. The molecule has 0 bridgehead atoms. The van der Waals surface area contributed by atoms with Crippen molar-refractivity contribution >= 4 is 43.3 Å². The highest BCUT2D eigenvalue weighted by molar-refractivity contribution is 9.11. The SMILES string of the molecule is COCC(=O)COc1c(Br)cc([N+](=O)[O-])cc1Br. The first-order valence-corrected chi connectivity index (χ1v) is 6.31. The van der Waals surface area contributed by atoms with E-state index in [1.54, 1.807) is 0 Å². The number of carbonyl (C=O) groups excluding carboxylic acids is 1. The summed E-state index contributed by atoms with van der Waals surface area (Å²) in [6.07, 6.45) is 0. The van der Waals surface area contributed by atoms with Crippen molar-refractivity contribution in [2.75, 3.05) is 20.3 Å². The first-order valence-electron chi connectivity index (χ1n) is 4.72. The molecule has 1 aromatic carbocycles. The van der Waals surface area contributed by atoms with Gasteiger partial charge in [-0.1, -0.05) is 0 Å². The summed E-state index contributed by atoms with van der Waals surface area (Å²) in [6, 6.07) is 2.61. The van der Waals surface area contributed by atoms with E-state index in [1.165, 1.54) is 19.2 Å². The van der Waals surface area contributed by atoms with Crippen molar-refractivity contribution in [3.63, 3.8) is 0 Å². The van der Waals surface area contributed by atoms with E-state index in [9.17, 15) is 14.9 Å². The Morgan fingerprint density at radius 2 is 1.89 bits per heavy atom. The van der Waals surface area contributed by atoms with Gasteiger partial charge in [-0.25, -0.2) is 0 Å². The summed E-state index contributed by atoms with van der Waals surface area (Å²) in [5.74, 6) is 0.111. The van der Waals surface area contributed by atoms with Gasteiger partial charge < -0.3 is 9.47 Å². The Morgan fingerprint density at radius 1 is 1.33 bits per heavy atom. The number of Topliss-reactive ketones (excluding diaryl/α,β-unsaturated/α-hetero) is 1. The molecule has 0 unspecified atom stereocenters. The molecule has 0 aliphatic heterocycles. The zero-order chi connectivity index (χ0) is 13.7. The van der Waals surface area contributed by atoms with Gasteiger partial charge in [-0.15, -0.1) is 0 Å². The van der Waals surface area contributed by atoms with Gasteiger partial charge >= 0.3 is 0 Å². The fourth-order valence-electron chi connectivity index (χ4n) is 1.15. The number of ketones is 1. The molecule has 18 heavy (non-hydrogen) atoms. The van der Waals surface area contributed by atoms with Crippen LogP contribution in [0.15, 0.2) is 21.1 Å². The molecule has 0 N–H and O–H groups in total. The number of nitro groups is 1. The third-order valence-corrected chi connectivity index (χ3v) is 3.05. The summed E-state index contributed by atoms with van der Waals surface area (Å²) in [7, 11) is 1.41. The number of nitro benzene ring substituents is 1. The second-order valence-electron chi connectivity index (χ2n) is 3.26. The summed E-state index contributed by atoms with van der Waals surface area (Å²) in [5.41, 5.74) is -0.0793. The largest absolute Gasteiger partial charge is 0.483 e. The molecule has 0 radical (unpaired) electrons. The third kappa shape index (κ3) is 4.04. The molecule has 1 aromatic rings. The van der Waals surface area contributed by atoms with Gasteiger partial charge in [0.2, 0.25) is 0 Å². The van der Waals surface area contributed by atoms with Crippen LogP contribution in [0.2, 0.25) is 0 Å². The molecule has 0 atom stereocenters. The summed E-state index contributed by atoms with van der Waals surface area (Å²) >= 11 is 6.31. The lowest BCUT2D eigenvalue weighted by Crippen LogP contribution is -2.16. The van der Waals surface area contributed by atoms with E-state index >= 15 is 0 Å². The van der Waals surface area contributed by atoms with Crippen LogP contribution < -0.4 is 4.74 Å². The van der Waals surface area contributed by atoms with Crippen LogP contribution in [0.5, 0.6) is 5.75 Å². The normalized spacial score (nSPS) is 10.2. The zero-order valence-corrected chi connectivity index (χ0v) is 12.5. The van der Waals surface area contributed by atoms with Crippen LogP contribution in [0.1, 0.15) is 0 Å². The molecule has 0 saturated carbocycles. The number of hydrogen-bond acceptors (Lipinski definition) is 5. The lowest BCUT2D eigenvalue weighted by molar-refractivity contribution is -0.385. The molecule has 0 aliphatic rings. The average Bonchev–Trinajstić information content (AvgIpc) is 2.27. The van der Waals surface area contributed by atoms with Crippen molar-refractivity contribution in [2.24, 2.45) is 0 Å². The maximum absolute atomic E-state index is 11.2. The van der Waals surface area contributed by atoms with Crippen LogP contribution in [0.25, 0.3) is 0 Å².